The van der Waals surface area contributed by atoms with E-state index < -0.39 is 5.82 Å². The lowest BCUT2D eigenvalue weighted by atomic mass is 10.1. The average Bonchev–Trinajstić information content (AvgIpc) is 3.57. The molecule has 0 unspecified atom stereocenters. The molecule has 3 aromatic heterocycles. The largest absolute Gasteiger partial charge is 0.371 e. The highest BCUT2D eigenvalue weighted by atomic mass is 19.1. The van der Waals surface area contributed by atoms with Gasteiger partial charge in [-0.3, -0.25) is 14.3 Å². The smallest absolute Gasteiger partial charge is 0.257 e. The number of fused-ring (bicyclic) bond motifs is 2. The Kier molecular flexibility index (Phi) is 7.11. The summed E-state index contributed by atoms with van der Waals surface area (Å²) in [6, 6.07) is 5.07. The first-order valence-electron chi connectivity index (χ1n) is 11.7. The number of aryl methyl sites for hydroxylation is 2. The molecule has 3 N–H and O–H groups in total. The summed E-state index contributed by atoms with van der Waals surface area (Å²) in [6.45, 7) is 5.81. The number of aromatic nitrogens is 4. The minimum Gasteiger partial charge on any atom is -0.371 e. The number of rotatable bonds is 5. The predicted molar refractivity (Wildman–Crippen MR) is 134 cm³/mol. The van der Waals surface area contributed by atoms with Crippen molar-refractivity contribution in [3.8, 4) is 0 Å². The Morgan fingerprint density at radius 3 is 2.57 bits per heavy atom. The summed E-state index contributed by atoms with van der Waals surface area (Å²) in [5.41, 5.74) is 8.46. The lowest BCUT2D eigenvalue weighted by molar-refractivity contribution is -0.117. The van der Waals surface area contributed by atoms with Crippen LogP contribution in [0.25, 0.3) is 16.6 Å². The summed E-state index contributed by atoms with van der Waals surface area (Å²) >= 11 is 0. The van der Waals surface area contributed by atoms with E-state index in [2.05, 4.69) is 20.3 Å². The molecule has 1 aliphatic heterocycles. The van der Waals surface area contributed by atoms with Crippen LogP contribution in [0.15, 0.2) is 36.8 Å². The van der Waals surface area contributed by atoms with E-state index in [1.165, 1.54) is 18.9 Å². The Balaban J connectivity index is 0.000000431. The maximum Gasteiger partial charge on any atom is 0.257 e. The van der Waals surface area contributed by atoms with Gasteiger partial charge < -0.3 is 20.4 Å². The zero-order chi connectivity index (χ0) is 25.1. The number of hydrogen-bond acceptors (Lipinski definition) is 6. The molecular weight excluding hydrogens is 449 g/mol. The number of halogens is 1. The standard InChI is InChI=1S/C21H21FN6O.C4H9NO/c1-13-10-28-11-14(9-17(22)20(28)23-13)24-21(29)15-5-6-18(27-7-3-4-8-27)16-12-26(2)25-19(15)16;1-2-4(6)3-5/h5-6,9-12H,3-4,7-8H2,1-2H3,(H,24,29);2-3,5H2,1H3. The minimum atomic E-state index is -0.483. The Morgan fingerprint density at radius 1 is 1.17 bits per heavy atom. The molecule has 184 valence electrons. The van der Waals surface area contributed by atoms with Crippen LogP contribution in [-0.2, 0) is 11.8 Å². The minimum absolute atomic E-state index is 0.120. The highest BCUT2D eigenvalue weighted by Crippen LogP contribution is 2.31. The quantitative estimate of drug-likeness (QED) is 0.454. The molecule has 0 spiro atoms. The van der Waals surface area contributed by atoms with Gasteiger partial charge in [-0.05, 0) is 31.9 Å². The van der Waals surface area contributed by atoms with E-state index >= 15 is 0 Å². The van der Waals surface area contributed by atoms with Gasteiger partial charge in [0.2, 0.25) is 0 Å². The summed E-state index contributed by atoms with van der Waals surface area (Å²) in [5.74, 6) is -0.685. The molecule has 9 nitrogen and oxygen atoms in total. The van der Waals surface area contributed by atoms with Crippen molar-refractivity contribution in [3.05, 3.63) is 53.9 Å². The molecule has 1 saturated heterocycles. The number of carbonyl (C=O) groups excluding carboxylic acids is 2. The van der Waals surface area contributed by atoms with Gasteiger partial charge >= 0.3 is 0 Å². The van der Waals surface area contributed by atoms with E-state index in [4.69, 9.17) is 5.73 Å². The molecule has 1 aromatic carbocycles. The van der Waals surface area contributed by atoms with Gasteiger partial charge in [-0.1, -0.05) is 6.92 Å². The topological polar surface area (TPSA) is 111 Å². The van der Waals surface area contributed by atoms with Crippen LogP contribution in [0.3, 0.4) is 0 Å². The molecule has 1 amide bonds. The van der Waals surface area contributed by atoms with Gasteiger partial charge in [0.05, 0.1) is 23.5 Å². The normalized spacial score (nSPS) is 13.2. The van der Waals surface area contributed by atoms with Crippen molar-refractivity contribution in [2.24, 2.45) is 12.8 Å². The number of ketones is 1. The monoisotopic (exact) mass is 479 g/mol. The average molecular weight is 480 g/mol. The molecule has 0 radical (unpaired) electrons. The fourth-order valence-corrected chi connectivity index (χ4v) is 4.21. The molecule has 0 bridgehead atoms. The van der Waals surface area contributed by atoms with E-state index in [1.54, 1.807) is 41.4 Å². The van der Waals surface area contributed by atoms with Crippen molar-refractivity contribution < 1.29 is 14.0 Å². The maximum absolute atomic E-state index is 14.3. The van der Waals surface area contributed by atoms with Crippen molar-refractivity contribution >= 4 is 39.6 Å². The Morgan fingerprint density at radius 2 is 1.91 bits per heavy atom. The summed E-state index contributed by atoms with van der Waals surface area (Å²) in [4.78, 5) is 29.5. The van der Waals surface area contributed by atoms with Crippen molar-refractivity contribution in [1.29, 1.82) is 0 Å². The van der Waals surface area contributed by atoms with Crippen LogP contribution >= 0.6 is 0 Å². The van der Waals surface area contributed by atoms with Gasteiger partial charge in [-0.25, -0.2) is 9.37 Å². The maximum atomic E-state index is 14.3. The number of amides is 1. The zero-order valence-corrected chi connectivity index (χ0v) is 20.2. The molecule has 35 heavy (non-hydrogen) atoms. The van der Waals surface area contributed by atoms with Crippen molar-refractivity contribution in [3.63, 3.8) is 0 Å². The first-order valence-corrected chi connectivity index (χ1v) is 11.7. The zero-order valence-electron chi connectivity index (χ0n) is 20.2. The fourth-order valence-electron chi connectivity index (χ4n) is 4.21. The van der Waals surface area contributed by atoms with Crippen LogP contribution in [0, 0.1) is 12.7 Å². The van der Waals surface area contributed by atoms with E-state index in [0.717, 1.165) is 24.2 Å². The summed E-state index contributed by atoms with van der Waals surface area (Å²) in [7, 11) is 1.85. The van der Waals surface area contributed by atoms with E-state index in [1.807, 2.05) is 19.3 Å². The van der Waals surface area contributed by atoms with Crippen molar-refractivity contribution in [2.45, 2.75) is 33.1 Å². The van der Waals surface area contributed by atoms with Crippen LogP contribution in [-0.4, -0.2) is 50.5 Å². The van der Waals surface area contributed by atoms with Crippen LogP contribution in [0.1, 0.15) is 42.2 Å². The third kappa shape index (κ3) is 5.17. The van der Waals surface area contributed by atoms with Gasteiger partial charge in [0.15, 0.2) is 11.5 Å². The second-order valence-corrected chi connectivity index (χ2v) is 8.63. The van der Waals surface area contributed by atoms with Crippen LogP contribution in [0.4, 0.5) is 15.8 Å². The molecule has 1 fully saturated rings. The van der Waals surface area contributed by atoms with Gasteiger partial charge in [-0.15, -0.1) is 0 Å². The number of hydrogen-bond donors (Lipinski definition) is 2. The van der Waals surface area contributed by atoms with Crippen LogP contribution < -0.4 is 16.0 Å². The van der Waals surface area contributed by atoms with Gasteiger partial charge in [-0.2, -0.15) is 5.10 Å². The molecule has 0 saturated carbocycles. The van der Waals surface area contributed by atoms with Gasteiger partial charge in [0.1, 0.15) is 11.3 Å². The highest BCUT2D eigenvalue weighted by Gasteiger charge is 2.21. The first kappa shape index (κ1) is 24.3. The first-order chi connectivity index (χ1) is 16.8. The molecule has 4 heterocycles. The number of pyridine rings is 1. The van der Waals surface area contributed by atoms with Crippen LogP contribution in [0.5, 0.6) is 0 Å². The van der Waals surface area contributed by atoms with Gasteiger partial charge in [0.25, 0.3) is 5.91 Å². The van der Waals surface area contributed by atoms with Crippen LogP contribution in [0.2, 0.25) is 0 Å². The number of benzene rings is 1. The molecule has 0 atom stereocenters. The Hall–Kier alpha value is -3.79. The summed E-state index contributed by atoms with van der Waals surface area (Å²) in [5, 5.41) is 8.27. The third-order valence-electron chi connectivity index (χ3n) is 5.97. The molecule has 4 aromatic rings. The number of Topliss-reactive ketones (excluding diaryl/α,β-unsaturated/α-hetero) is 1. The summed E-state index contributed by atoms with van der Waals surface area (Å²) < 4.78 is 17.6. The molecule has 1 aliphatic rings. The highest BCUT2D eigenvalue weighted by molar-refractivity contribution is 6.13. The number of nitrogens with zero attached hydrogens (tertiary/aromatic N) is 5. The number of nitrogens with two attached hydrogens (primary N) is 1. The number of imidazole rings is 1. The second-order valence-electron chi connectivity index (χ2n) is 8.63. The SMILES string of the molecule is CCC(=O)CN.Cc1cn2cc(NC(=O)c3ccc(N4CCCC4)c4cn(C)nc34)cc(F)c2n1. The van der Waals surface area contributed by atoms with E-state index in [0.29, 0.717) is 28.9 Å². The molecule has 0 aliphatic carbocycles. The fraction of sp³-hybridized carbons (Fsp3) is 0.360. The van der Waals surface area contributed by atoms with E-state index in [-0.39, 0.29) is 23.9 Å². The van der Waals surface area contributed by atoms with E-state index in [9.17, 15) is 14.0 Å². The lowest BCUT2D eigenvalue weighted by Crippen LogP contribution is -2.19. The third-order valence-corrected chi connectivity index (χ3v) is 5.97. The molecule has 5 rings (SSSR count). The summed E-state index contributed by atoms with van der Waals surface area (Å²) in [6.07, 6.45) is 8.23. The van der Waals surface area contributed by atoms with Crippen molar-refractivity contribution in [2.75, 3.05) is 29.9 Å². The van der Waals surface area contributed by atoms with Crippen molar-refractivity contribution in [1.82, 2.24) is 19.2 Å². The number of nitrogens with one attached hydrogen (secondary N) is 1. The molecule has 10 heteroatoms. The number of anilines is 2. The predicted octanol–water partition coefficient (Wildman–Crippen LogP) is 3.45. The van der Waals surface area contributed by atoms with Gasteiger partial charge in [0, 0.05) is 62.3 Å². The Labute approximate surface area is 202 Å². The Bertz CT molecular complexity index is 1380. The molecular formula is C25H30FN7O2. The lowest BCUT2D eigenvalue weighted by Gasteiger charge is -2.19. The number of carbonyl (C=O) groups is 2. The second kappa shape index (κ2) is 10.2.